The highest BCUT2D eigenvalue weighted by Crippen LogP contribution is 2.25. The lowest BCUT2D eigenvalue weighted by atomic mass is 10.1. The average Bonchev–Trinajstić information content (AvgIpc) is 2.36. The molecule has 1 amide bonds. The molecule has 0 aliphatic heterocycles. The molecule has 0 saturated heterocycles. The smallest absolute Gasteiger partial charge is 0.258 e. The van der Waals surface area contributed by atoms with Crippen LogP contribution in [0.2, 0.25) is 0 Å². The molecule has 19 heavy (non-hydrogen) atoms. The first-order valence-electron chi connectivity index (χ1n) is 6.23. The number of hydrogen-bond acceptors (Lipinski definition) is 3. The fourth-order valence-corrected chi connectivity index (χ4v) is 2.07. The molecule has 0 aromatic heterocycles. The number of nitrogens with one attached hydrogen (secondary N) is 1. The van der Waals surface area contributed by atoms with Gasteiger partial charge in [-0.25, -0.2) is 0 Å². The lowest BCUT2D eigenvalue weighted by Gasteiger charge is -2.19. The van der Waals surface area contributed by atoms with Crippen LogP contribution in [0.1, 0.15) is 19.4 Å². The molecule has 1 aromatic carbocycles. The summed E-state index contributed by atoms with van der Waals surface area (Å²) in [7, 11) is 0. The molecule has 0 heterocycles. The van der Waals surface area contributed by atoms with Crippen molar-refractivity contribution in [1.82, 2.24) is 5.32 Å². The number of hydrogen-bond donors (Lipinski definition) is 2. The third-order valence-corrected chi connectivity index (χ3v) is 3.60. The summed E-state index contributed by atoms with van der Waals surface area (Å²) in [5, 5.41) is 11.8. The summed E-state index contributed by atoms with van der Waals surface area (Å²) in [6.07, 6.45) is 0. The van der Waals surface area contributed by atoms with Gasteiger partial charge in [-0.2, -0.15) is 0 Å². The van der Waals surface area contributed by atoms with Crippen LogP contribution in [0, 0.1) is 12.8 Å². The van der Waals surface area contributed by atoms with Gasteiger partial charge in [0.05, 0.1) is 4.47 Å². The van der Waals surface area contributed by atoms with Crippen molar-refractivity contribution in [3.63, 3.8) is 0 Å². The minimum absolute atomic E-state index is 0.0232. The largest absolute Gasteiger partial charge is 0.483 e. The number of aliphatic hydroxyl groups is 1. The van der Waals surface area contributed by atoms with E-state index in [0.717, 1.165) is 10.0 Å². The van der Waals surface area contributed by atoms with Crippen molar-refractivity contribution in [2.45, 2.75) is 26.8 Å². The highest BCUT2D eigenvalue weighted by molar-refractivity contribution is 9.10. The Morgan fingerprint density at radius 1 is 1.47 bits per heavy atom. The maximum atomic E-state index is 11.7. The fraction of sp³-hybridized carbons (Fsp3) is 0.500. The van der Waals surface area contributed by atoms with E-state index < -0.39 is 0 Å². The second-order valence-electron chi connectivity index (χ2n) is 4.74. The van der Waals surface area contributed by atoms with Crippen molar-refractivity contribution in [3.8, 4) is 5.75 Å². The van der Waals surface area contributed by atoms with Crippen LogP contribution in [0.4, 0.5) is 0 Å². The molecule has 0 aliphatic rings. The first-order chi connectivity index (χ1) is 8.93. The Hall–Kier alpha value is -1.07. The van der Waals surface area contributed by atoms with Gasteiger partial charge in [0.25, 0.3) is 5.91 Å². The Kier molecular flexibility index (Phi) is 6.31. The molecule has 0 aliphatic carbocycles. The van der Waals surface area contributed by atoms with E-state index in [0.29, 0.717) is 5.75 Å². The summed E-state index contributed by atoms with van der Waals surface area (Å²) >= 11 is 3.39. The van der Waals surface area contributed by atoms with Crippen LogP contribution in [0.5, 0.6) is 5.75 Å². The van der Waals surface area contributed by atoms with E-state index in [4.69, 9.17) is 9.84 Å². The predicted octanol–water partition coefficient (Wildman–Crippen LogP) is 2.27. The number of carbonyl (C=O) groups is 1. The summed E-state index contributed by atoms with van der Waals surface area (Å²) in [4.78, 5) is 11.7. The normalized spacial score (nSPS) is 13.7. The molecule has 0 saturated carbocycles. The number of ether oxygens (including phenoxy) is 1. The number of aryl methyl sites for hydroxylation is 1. The first kappa shape index (κ1) is 16.0. The van der Waals surface area contributed by atoms with Crippen LogP contribution in [-0.4, -0.2) is 30.3 Å². The zero-order valence-corrected chi connectivity index (χ0v) is 13.0. The van der Waals surface area contributed by atoms with E-state index in [2.05, 4.69) is 21.2 Å². The number of amides is 1. The molecule has 2 unspecified atom stereocenters. The monoisotopic (exact) mass is 329 g/mol. The van der Waals surface area contributed by atoms with Gasteiger partial charge in [0.1, 0.15) is 5.75 Å². The number of halogens is 1. The van der Waals surface area contributed by atoms with Crippen molar-refractivity contribution >= 4 is 21.8 Å². The third-order valence-electron chi connectivity index (χ3n) is 2.98. The van der Waals surface area contributed by atoms with Gasteiger partial charge in [-0.15, -0.1) is 0 Å². The number of rotatable bonds is 6. The maximum Gasteiger partial charge on any atom is 0.258 e. The van der Waals surface area contributed by atoms with E-state index in [1.54, 1.807) is 0 Å². The predicted molar refractivity (Wildman–Crippen MR) is 78.2 cm³/mol. The van der Waals surface area contributed by atoms with Crippen LogP contribution in [-0.2, 0) is 4.79 Å². The van der Waals surface area contributed by atoms with Gasteiger partial charge in [-0.1, -0.05) is 13.0 Å². The van der Waals surface area contributed by atoms with Gasteiger partial charge in [-0.3, -0.25) is 4.79 Å². The zero-order chi connectivity index (χ0) is 14.4. The zero-order valence-electron chi connectivity index (χ0n) is 11.4. The maximum absolute atomic E-state index is 11.7. The molecule has 2 atom stereocenters. The quantitative estimate of drug-likeness (QED) is 0.841. The fourth-order valence-electron chi connectivity index (χ4n) is 1.46. The van der Waals surface area contributed by atoms with E-state index in [1.807, 2.05) is 39.0 Å². The second kappa shape index (κ2) is 7.50. The molecule has 1 aromatic rings. The van der Waals surface area contributed by atoms with Crippen molar-refractivity contribution in [2.24, 2.45) is 5.92 Å². The lowest BCUT2D eigenvalue weighted by molar-refractivity contribution is -0.124. The van der Waals surface area contributed by atoms with Crippen molar-refractivity contribution < 1.29 is 14.6 Å². The van der Waals surface area contributed by atoms with Crippen LogP contribution in [0.3, 0.4) is 0 Å². The highest BCUT2D eigenvalue weighted by atomic mass is 79.9. The first-order valence-corrected chi connectivity index (χ1v) is 7.02. The SMILES string of the molecule is Cc1ccc(OCC(=O)NC(C)C(C)CO)c(Br)c1. The van der Waals surface area contributed by atoms with E-state index in [1.165, 1.54) is 0 Å². The highest BCUT2D eigenvalue weighted by Gasteiger charge is 2.14. The Balaban J connectivity index is 2.46. The van der Waals surface area contributed by atoms with E-state index in [9.17, 15) is 4.79 Å². The molecular formula is C14H20BrNO3. The molecule has 106 valence electrons. The Bertz CT molecular complexity index is 437. The van der Waals surface area contributed by atoms with Gasteiger partial charge in [-0.05, 0) is 53.4 Å². The Labute approximate surface area is 122 Å². The van der Waals surface area contributed by atoms with Gasteiger partial charge >= 0.3 is 0 Å². The standard InChI is InChI=1S/C14H20BrNO3/c1-9-4-5-13(12(15)6-9)19-8-14(18)16-11(3)10(2)7-17/h4-6,10-11,17H,7-8H2,1-3H3,(H,16,18). The van der Waals surface area contributed by atoms with Crippen LogP contribution < -0.4 is 10.1 Å². The van der Waals surface area contributed by atoms with Crippen LogP contribution >= 0.6 is 15.9 Å². The second-order valence-corrected chi connectivity index (χ2v) is 5.59. The molecule has 4 nitrogen and oxygen atoms in total. The topological polar surface area (TPSA) is 58.6 Å². The van der Waals surface area contributed by atoms with Crippen molar-refractivity contribution in [1.29, 1.82) is 0 Å². The molecule has 5 heteroatoms. The summed E-state index contributed by atoms with van der Waals surface area (Å²) in [6.45, 7) is 5.73. The van der Waals surface area contributed by atoms with Gasteiger partial charge in [0.15, 0.2) is 6.61 Å². The molecule has 1 rings (SSSR count). The minimum Gasteiger partial charge on any atom is -0.483 e. The van der Waals surface area contributed by atoms with E-state index >= 15 is 0 Å². The number of carbonyl (C=O) groups excluding carboxylic acids is 1. The van der Waals surface area contributed by atoms with Crippen molar-refractivity contribution in [3.05, 3.63) is 28.2 Å². The van der Waals surface area contributed by atoms with Crippen molar-refractivity contribution in [2.75, 3.05) is 13.2 Å². The number of benzene rings is 1. The average molecular weight is 330 g/mol. The summed E-state index contributed by atoms with van der Waals surface area (Å²) < 4.78 is 6.28. The van der Waals surface area contributed by atoms with Gasteiger partial charge in [0, 0.05) is 12.6 Å². The van der Waals surface area contributed by atoms with Crippen LogP contribution in [0.15, 0.2) is 22.7 Å². The summed E-state index contributed by atoms with van der Waals surface area (Å²) in [5.74, 6) is 0.471. The summed E-state index contributed by atoms with van der Waals surface area (Å²) in [5.41, 5.74) is 1.12. The van der Waals surface area contributed by atoms with Gasteiger partial charge < -0.3 is 15.2 Å². The Morgan fingerprint density at radius 2 is 2.16 bits per heavy atom. The molecule has 2 N–H and O–H groups in total. The van der Waals surface area contributed by atoms with Gasteiger partial charge in [0.2, 0.25) is 0 Å². The molecular weight excluding hydrogens is 310 g/mol. The van der Waals surface area contributed by atoms with Crippen LogP contribution in [0.25, 0.3) is 0 Å². The molecule has 0 radical (unpaired) electrons. The number of aliphatic hydroxyl groups excluding tert-OH is 1. The molecule has 0 fully saturated rings. The lowest BCUT2D eigenvalue weighted by Crippen LogP contribution is -2.40. The van der Waals surface area contributed by atoms with E-state index in [-0.39, 0.29) is 31.1 Å². The minimum atomic E-state index is -0.194. The summed E-state index contributed by atoms with van der Waals surface area (Å²) in [6, 6.07) is 5.60. The Morgan fingerprint density at radius 3 is 2.74 bits per heavy atom. The molecule has 0 spiro atoms. The third kappa shape index (κ3) is 5.20. The molecule has 0 bridgehead atoms.